The molecule has 0 bridgehead atoms. The molecule has 0 spiro atoms. The fraction of sp³-hybridized carbons (Fsp3) is 0.357. The van der Waals surface area contributed by atoms with Crippen LogP contribution in [0.25, 0.3) is 0 Å². The SMILES string of the molecule is Cc1ccccc1OCCNc1c([N+](=O)[O-])c(C)nn1C. The van der Waals surface area contributed by atoms with Gasteiger partial charge in [0.15, 0.2) is 0 Å². The third kappa shape index (κ3) is 3.31. The number of aryl methyl sites for hydroxylation is 3. The first-order valence-electron chi connectivity index (χ1n) is 6.61. The number of nitrogens with one attached hydrogen (secondary N) is 1. The maximum Gasteiger partial charge on any atom is 0.333 e. The third-order valence-electron chi connectivity index (χ3n) is 3.12. The summed E-state index contributed by atoms with van der Waals surface area (Å²) in [5.74, 6) is 1.21. The van der Waals surface area contributed by atoms with Crippen molar-refractivity contribution < 1.29 is 9.66 Å². The molecule has 0 atom stereocenters. The number of anilines is 1. The van der Waals surface area contributed by atoms with Crippen LogP contribution in [0, 0.1) is 24.0 Å². The van der Waals surface area contributed by atoms with Gasteiger partial charge in [0.1, 0.15) is 18.1 Å². The van der Waals surface area contributed by atoms with Crippen LogP contribution in [0.1, 0.15) is 11.3 Å². The lowest BCUT2D eigenvalue weighted by molar-refractivity contribution is -0.384. The van der Waals surface area contributed by atoms with Crippen LogP contribution in [-0.4, -0.2) is 27.9 Å². The minimum absolute atomic E-state index is 0.00777. The van der Waals surface area contributed by atoms with Crippen molar-refractivity contribution in [1.82, 2.24) is 9.78 Å². The molecule has 1 heterocycles. The van der Waals surface area contributed by atoms with Crippen molar-refractivity contribution >= 4 is 11.5 Å². The topological polar surface area (TPSA) is 82.2 Å². The van der Waals surface area contributed by atoms with E-state index in [0.717, 1.165) is 11.3 Å². The standard InChI is InChI=1S/C14H18N4O3/c1-10-6-4-5-7-12(10)21-9-8-15-14-13(18(19)20)11(2)16-17(14)3/h4-7,15H,8-9H2,1-3H3. The van der Waals surface area contributed by atoms with Gasteiger partial charge < -0.3 is 10.1 Å². The third-order valence-corrected chi connectivity index (χ3v) is 3.12. The lowest BCUT2D eigenvalue weighted by Crippen LogP contribution is -2.14. The minimum atomic E-state index is -0.424. The average molecular weight is 290 g/mol. The van der Waals surface area contributed by atoms with E-state index in [2.05, 4.69) is 10.4 Å². The summed E-state index contributed by atoms with van der Waals surface area (Å²) in [6.45, 7) is 4.45. The maximum absolute atomic E-state index is 11.0. The highest BCUT2D eigenvalue weighted by Gasteiger charge is 2.23. The van der Waals surface area contributed by atoms with Gasteiger partial charge in [-0.3, -0.25) is 10.1 Å². The summed E-state index contributed by atoms with van der Waals surface area (Å²) in [6, 6.07) is 7.72. The molecule has 1 aromatic heterocycles. The number of rotatable bonds is 6. The Hall–Kier alpha value is -2.57. The summed E-state index contributed by atoms with van der Waals surface area (Å²) in [4.78, 5) is 10.6. The predicted octanol–water partition coefficient (Wildman–Crippen LogP) is 2.44. The van der Waals surface area contributed by atoms with Gasteiger partial charge >= 0.3 is 5.69 Å². The van der Waals surface area contributed by atoms with Crippen LogP contribution >= 0.6 is 0 Å². The fourth-order valence-electron chi connectivity index (χ4n) is 2.11. The van der Waals surface area contributed by atoms with E-state index >= 15 is 0 Å². The summed E-state index contributed by atoms with van der Waals surface area (Å²) in [5.41, 5.74) is 1.46. The number of benzene rings is 1. The molecule has 2 aromatic rings. The van der Waals surface area contributed by atoms with Crippen molar-refractivity contribution in [2.24, 2.45) is 7.05 Å². The Morgan fingerprint density at radius 3 is 2.76 bits per heavy atom. The van der Waals surface area contributed by atoms with Crippen molar-refractivity contribution in [2.75, 3.05) is 18.5 Å². The van der Waals surface area contributed by atoms with Crippen LogP contribution in [0.4, 0.5) is 11.5 Å². The number of hydrogen-bond donors (Lipinski definition) is 1. The molecule has 0 radical (unpaired) electrons. The largest absolute Gasteiger partial charge is 0.491 e. The Bertz CT molecular complexity index is 652. The van der Waals surface area contributed by atoms with Gasteiger partial charge in [0.05, 0.1) is 11.5 Å². The second-order valence-electron chi connectivity index (χ2n) is 4.70. The molecular formula is C14H18N4O3. The van der Waals surface area contributed by atoms with Crippen molar-refractivity contribution in [2.45, 2.75) is 13.8 Å². The molecule has 0 saturated carbocycles. The van der Waals surface area contributed by atoms with Crippen molar-refractivity contribution in [3.8, 4) is 5.75 Å². The zero-order valence-electron chi connectivity index (χ0n) is 12.3. The molecule has 1 aromatic carbocycles. The number of hydrogen-bond acceptors (Lipinski definition) is 5. The van der Waals surface area contributed by atoms with Crippen LogP contribution in [-0.2, 0) is 7.05 Å². The van der Waals surface area contributed by atoms with Gasteiger partial charge in [-0.15, -0.1) is 0 Å². The Balaban J connectivity index is 1.95. The monoisotopic (exact) mass is 290 g/mol. The van der Waals surface area contributed by atoms with Gasteiger partial charge in [0, 0.05) is 7.05 Å². The van der Waals surface area contributed by atoms with Gasteiger partial charge in [-0.05, 0) is 25.5 Å². The van der Waals surface area contributed by atoms with E-state index in [9.17, 15) is 10.1 Å². The molecule has 1 N–H and O–H groups in total. The first kappa shape index (κ1) is 14.8. The fourth-order valence-corrected chi connectivity index (χ4v) is 2.11. The van der Waals surface area contributed by atoms with E-state index in [4.69, 9.17) is 4.74 Å². The zero-order valence-corrected chi connectivity index (χ0v) is 12.3. The second-order valence-corrected chi connectivity index (χ2v) is 4.70. The number of ether oxygens (including phenoxy) is 1. The highest BCUT2D eigenvalue weighted by molar-refractivity contribution is 5.59. The van der Waals surface area contributed by atoms with Crippen LogP contribution in [0.2, 0.25) is 0 Å². The van der Waals surface area contributed by atoms with Crippen LogP contribution in [0.15, 0.2) is 24.3 Å². The van der Waals surface area contributed by atoms with E-state index in [1.165, 1.54) is 4.68 Å². The molecule has 7 heteroatoms. The maximum atomic E-state index is 11.0. The van der Waals surface area contributed by atoms with E-state index in [0.29, 0.717) is 24.7 Å². The molecule has 0 fully saturated rings. The van der Waals surface area contributed by atoms with E-state index < -0.39 is 4.92 Å². The van der Waals surface area contributed by atoms with Gasteiger partial charge in [0.2, 0.25) is 5.82 Å². The molecule has 0 unspecified atom stereocenters. The first-order valence-corrected chi connectivity index (χ1v) is 6.61. The zero-order chi connectivity index (χ0) is 15.4. The summed E-state index contributed by atoms with van der Waals surface area (Å²) >= 11 is 0. The van der Waals surface area contributed by atoms with Crippen molar-refractivity contribution in [1.29, 1.82) is 0 Å². The second kappa shape index (κ2) is 6.25. The Kier molecular flexibility index (Phi) is 4.42. The van der Waals surface area contributed by atoms with Crippen LogP contribution < -0.4 is 10.1 Å². The molecule has 0 aliphatic carbocycles. The van der Waals surface area contributed by atoms with E-state index in [-0.39, 0.29) is 5.69 Å². The van der Waals surface area contributed by atoms with Crippen molar-refractivity contribution in [3.63, 3.8) is 0 Å². The molecule has 0 aliphatic rings. The lowest BCUT2D eigenvalue weighted by Gasteiger charge is -2.10. The van der Waals surface area contributed by atoms with E-state index in [1.807, 2.05) is 31.2 Å². The molecule has 7 nitrogen and oxygen atoms in total. The Morgan fingerprint density at radius 2 is 2.10 bits per heavy atom. The Labute approximate surface area is 122 Å². The van der Waals surface area contributed by atoms with E-state index in [1.54, 1.807) is 14.0 Å². The summed E-state index contributed by atoms with van der Waals surface area (Å²) in [5, 5.41) is 18.1. The van der Waals surface area contributed by atoms with Gasteiger partial charge in [0.25, 0.3) is 0 Å². The van der Waals surface area contributed by atoms with Gasteiger partial charge in [-0.2, -0.15) is 5.10 Å². The molecular weight excluding hydrogens is 272 g/mol. The minimum Gasteiger partial charge on any atom is -0.491 e. The number of aromatic nitrogens is 2. The molecule has 0 saturated heterocycles. The molecule has 2 rings (SSSR count). The van der Waals surface area contributed by atoms with Crippen molar-refractivity contribution in [3.05, 3.63) is 45.6 Å². The van der Waals surface area contributed by atoms with Crippen LogP contribution in [0.3, 0.4) is 0 Å². The number of nitro groups is 1. The molecule has 21 heavy (non-hydrogen) atoms. The number of para-hydroxylation sites is 1. The quantitative estimate of drug-likeness (QED) is 0.502. The molecule has 0 aliphatic heterocycles. The number of nitrogens with zero attached hydrogens (tertiary/aromatic N) is 3. The van der Waals surface area contributed by atoms with Gasteiger partial charge in [-0.1, -0.05) is 18.2 Å². The highest BCUT2D eigenvalue weighted by atomic mass is 16.6. The molecule has 112 valence electrons. The Morgan fingerprint density at radius 1 is 1.38 bits per heavy atom. The summed E-state index contributed by atoms with van der Waals surface area (Å²) in [7, 11) is 1.67. The summed E-state index contributed by atoms with van der Waals surface area (Å²) < 4.78 is 7.12. The normalized spacial score (nSPS) is 10.4. The van der Waals surface area contributed by atoms with Gasteiger partial charge in [-0.25, -0.2) is 4.68 Å². The first-order chi connectivity index (χ1) is 10.0. The summed E-state index contributed by atoms with van der Waals surface area (Å²) in [6.07, 6.45) is 0. The molecule has 0 amide bonds. The predicted molar refractivity (Wildman–Crippen MR) is 79.8 cm³/mol. The van der Waals surface area contributed by atoms with Crippen LogP contribution in [0.5, 0.6) is 5.75 Å². The lowest BCUT2D eigenvalue weighted by atomic mass is 10.2. The smallest absolute Gasteiger partial charge is 0.333 e. The average Bonchev–Trinajstić information content (AvgIpc) is 2.71. The highest BCUT2D eigenvalue weighted by Crippen LogP contribution is 2.26.